The number of hydrogen-bond donors (Lipinski definition) is 2. The first-order valence-electron chi connectivity index (χ1n) is 4.89. The largest absolute Gasteiger partial charge is 0.377 e. The topological polar surface area (TPSA) is 47.3 Å². The molecule has 1 aromatic carbocycles. The molecule has 1 atom stereocenters. The van der Waals surface area contributed by atoms with Crippen molar-refractivity contribution in [1.82, 2.24) is 5.43 Å². The van der Waals surface area contributed by atoms with Crippen LogP contribution in [0.25, 0.3) is 0 Å². The van der Waals surface area contributed by atoms with Crippen LogP contribution in [-0.4, -0.2) is 12.7 Å². The van der Waals surface area contributed by atoms with E-state index in [1.54, 1.807) is 13.8 Å². The Balaban J connectivity index is 3.24. The molecule has 0 bridgehead atoms. The molecule has 0 radical (unpaired) electrons. The van der Waals surface area contributed by atoms with Gasteiger partial charge in [0.1, 0.15) is 11.6 Å². The van der Waals surface area contributed by atoms with Gasteiger partial charge in [-0.15, -0.1) is 0 Å². The van der Waals surface area contributed by atoms with E-state index in [0.29, 0.717) is 0 Å². The summed E-state index contributed by atoms with van der Waals surface area (Å²) in [5.41, 5.74) is 1.45. The second-order valence-electron chi connectivity index (χ2n) is 4.04. The number of hydrogen-bond acceptors (Lipinski definition) is 3. The summed E-state index contributed by atoms with van der Waals surface area (Å²) in [6.07, 6.45) is 0. The van der Waals surface area contributed by atoms with Crippen LogP contribution in [0.4, 0.5) is 8.78 Å². The molecule has 90 valence electrons. The second kappa shape index (κ2) is 4.86. The summed E-state index contributed by atoms with van der Waals surface area (Å²) in [6.45, 7) is 3.40. The molecule has 0 saturated carbocycles. The minimum atomic E-state index is -0.822. The van der Waals surface area contributed by atoms with E-state index in [9.17, 15) is 8.78 Å². The van der Waals surface area contributed by atoms with Gasteiger partial charge in [-0.25, -0.2) is 14.2 Å². The Hall–Kier alpha value is -1.04. The minimum absolute atomic E-state index is 0.114. The quantitative estimate of drug-likeness (QED) is 0.613. The zero-order chi connectivity index (χ0) is 12.3. The molecule has 0 fully saturated rings. The van der Waals surface area contributed by atoms with Gasteiger partial charge in [0, 0.05) is 12.7 Å². The van der Waals surface area contributed by atoms with Crippen LogP contribution in [0.1, 0.15) is 25.5 Å². The van der Waals surface area contributed by atoms with E-state index >= 15 is 0 Å². The third kappa shape index (κ3) is 2.37. The Kier molecular flexibility index (Phi) is 3.96. The van der Waals surface area contributed by atoms with Crippen LogP contribution in [0.15, 0.2) is 18.2 Å². The smallest absolute Gasteiger partial charge is 0.131 e. The predicted molar refractivity (Wildman–Crippen MR) is 57.5 cm³/mol. The average molecular weight is 230 g/mol. The number of benzene rings is 1. The molecule has 16 heavy (non-hydrogen) atoms. The summed E-state index contributed by atoms with van der Waals surface area (Å²) in [4.78, 5) is 0. The van der Waals surface area contributed by atoms with Gasteiger partial charge in [0.2, 0.25) is 0 Å². The maximum Gasteiger partial charge on any atom is 0.131 e. The fourth-order valence-corrected chi connectivity index (χ4v) is 1.54. The molecule has 3 N–H and O–H groups in total. The standard InChI is InChI=1S/C11H16F2N2O/c1-11(2,16-3)10(15-14)9-7(12)5-4-6-8(9)13/h4-6,10,15H,14H2,1-3H3. The van der Waals surface area contributed by atoms with Gasteiger partial charge in [-0.1, -0.05) is 6.07 Å². The minimum Gasteiger partial charge on any atom is -0.377 e. The van der Waals surface area contributed by atoms with E-state index in [2.05, 4.69) is 5.43 Å². The summed E-state index contributed by atoms with van der Waals surface area (Å²) >= 11 is 0. The number of nitrogens with one attached hydrogen (secondary N) is 1. The Morgan fingerprint density at radius 2 is 1.81 bits per heavy atom. The van der Waals surface area contributed by atoms with Crippen molar-refractivity contribution in [2.45, 2.75) is 25.5 Å². The highest BCUT2D eigenvalue weighted by atomic mass is 19.1. The molecule has 0 aliphatic carbocycles. The third-order valence-electron chi connectivity index (χ3n) is 2.68. The maximum atomic E-state index is 13.6. The average Bonchev–Trinajstić information content (AvgIpc) is 2.23. The molecular weight excluding hydrogens is 214 g/mol. The van der Waals surface area contributed by atoms with E-state index in [-0.39, 0.29) is 5.56 Å². The predicted octanol–water partition coefficient (Wildman–Crippen LogP) is 1.89. The number of ether oxygens (including phenoxy) is 1. The molecule has 0 aliphatic heterocycles. The van der Waals surface area contributed by atoms with Crippen molar-refractivity contribution in [3.63, 3.8) is 0 Å². The molecule has 0 amide bonds. The first-order valence-corrected chi connectivity index (χ1v) is 4.89. The summed E-state index contributed by atoms with van der Waals surface area (Å²) in [5, 5.41) is 0. The lowest BCUT2D eigenvalue weighted by molar-refractivity contribution is -0.0131. The summed E-state index contributed by atoms with van der Waals surface area (Å²) in [6, 6.07) is 2.92. The highest BCUT2D eigenvalue weighted by molar-refractivity contribution is 5.25. The monoisotopic (exact) mass is 230 g/mol. The molecular formula is C11H16F2N2O. The van der Waals surface area contributed by atoms with Crippen LogP contribution in [0.5, 0.6) is 0 Å². The van der Waals surface area contributed by atoms with E-state index < -0.39 is 23.3 Å². The van der Waals surface area contributed by atoms with Crippen molar-refractivity contribution in [3.8, 4) is 0 Å². The highest BCUT2D eigenvalue weighted by Crippen LogP contribution is 2.31. The molecule has 0 aromatic heterocycles. The Morgan fingerprint density at radius 3 is 2.19 bits per heavy atom. The lowest BCUT2D eigenvalue weighted by Gasteiger charge is -2.33. The van der Waals surface area contributed by atoms with E-state index in [0.717, 1.165) is 0 Å². The zero-order valence-electron chi connectivity index (χ0n) is 9.55. The molecule has 3 nitrogen and oxygen atoms in total. The fraction of sp³-hybridized carbons (Fsp3) is 0.455. The highest BCUT2D eigenvalue weighted by Gasteiger charge is 2.33. The van der Waals surface area contributed by atoms with Gasteiger partial charge < -0.3 is 4.74 Å². The van der Waals surface area contributed by atoms with E-state index in [4.69, 9.17) is 10.6 Å². The normalized spacial score (nSPS) is 13.9. The lowest BCUT2D eigenvalue weighted by Crippen LogP contribution is -2.44. The van der Waals surface area contributed by atoms with Gasteiger partial charge in [0.25, 0.3) is 0 Å². The zero-order valence-corrected chi connectivity index (χ0v) is 9.55. The lowest BCUT2D eigenvalue weighted by atomic mass is 9.91. The maximum absolute atomic E-state index is 13.6. The molecule has 5 heteroatoms. The molecule has 1 unspecified atom stereocenters. The van der Waals surface area contributed by atoms with Gasteiger partial charge >= 0.3 is 0 Å². The van der Waals surface area contributed by atoms with Gasteiger partial charge in [0.15, 0.2) is 0 Å². The van der Waals surface area contributed by atoms with Crippen LogP contribution in [0.2, 0.25) is 0 Å². The van der Waals surface area contributed by atoms with Crippen molar-refractivity contribution in [1.29, 1.82) is 0 Å². The summed E-state index contributed by atoms with van der Waals surface area (Å²) in [5.74, 6) is 4.05. The SMILES string of the molecule is COC(C)(C)C(NN)c1c(F)cccc1F. The summed E-state index contributed by atoms with van der Waals surface area (Å²) < 4.78 is 32.3. The van der Waals surface area contributed by atoms with Crippen molar-refractivity contribution in [2.24, 2.45) is 5.84 Å². The van der Waals surface area contributed by atoms with Crippen molar-refractivity contribution >= 4 is 0 Å². The fourth-order valence-electron chi connectivity index (χ4n) is 1.54. The third-order valence-corrected chi connectivity index (χ3v) is 2.68. The van der Waals surface area contributed by atoms with E-state index in [1.165, 1.54) is 25.3 Å². The molecule has 0 aliphatic rings. The number of nitrogens with two attached hydrogens (primary N) is 1. The van der Waals surface area contributed by atoms with Crippen molar-refractivity contribution < 1.29 is 13.5 Å². The number of hydrazine groups is 1. The van der Waals surface area contributed by atoms with Crippen LogP contribution < -0.4 is 11.3 Å². The van der Waals surface area contributed by atoms with Gasteiger partial charge in [-0.05, 0) is 26.0 Å². The number of rotatable bonds is 4. The molecule has 1 aromatic rings. The Labute approximate surface area is 93.6 Å². The van der Waals surface area contributed by atoms with Gasteiger partial charge in [0.05, 0.1) is 11.6 Å². The van der Waals surface area contributed by atoms with Crippen molar-refractivity contribution in [3.05, 3.63) is 35.4 Å². The molecule has 0 saturated heterocycles. The summed E-state index contributed by atoms with van der Waals surface area (Å²) in [7, 11) is 1.46. The first-order chi connectivity index (χ1) is 7.44. The Bertz CT molecular complexity index is 349. The molecule has 1 rings (SSSR count). The number of halogens is 2. The second-order valence-corrected chi connectivity index (χ2v) is 4.04. The van der Waals surface area contributed by atoms with Crippen molar-refractivity contribution in [2.75, 3.05) is 7.11 Å². The number of methoxy groups -OCH3 is 1. The van der Waals surface area contributed by atoms with Crippen LogP contribution >= 0.6 is 0 Å². The van der Waals surface area contributed by atoms with E-state index in [1.807, 2.05) is 0 Å². The van der Waals surface area contributed by atoms with Crippen LogP contribution in [0.3, 0.4) is 0 Å². The van der Waals surface area contributed by atoms with Gasteiger partial charge in [-0.3, -0.25) is 5.84 Å². The Morgan fingerprint density at radius 1 is 1.31 bits per heavy atom. The van der Waals surface area contributed by atoms with Crippen LogP contribution in [-0.2, 0) is 4.74 Å². The molecule has 0 heterocycles. The van der Waals surface area contributed by atoms with Crippen LogP contribution in [0, 0.1) is 11.6 Å². The molecule has 0 spiro atoms. The van der Waals surface area contributed by atoms with Gasteiger partial charge in [-0.2, -0.15) is 0 Å². The first kappa shape index (κ1) is 13.0.